The second kappa shape index (κ2) is 8.26. The van der Waals surface area contributed by atoms with Gasteiger partial charge < -0.3 is 19.9 Å². The molecule has 5 nitrogen and oxygen atoms in total. The average molecular weight is 360 g/mol. The molecule has 5 heteroatoms. The first-order valence-electron chi connectivity index (χ1n) is 10.2. The Balaban J connectivity index is 1.23. The van der Waals surface area contributed by atoms with Gasteiger partial charge in [0.25, 0.3) is 0 Å². The van der Waals surface area contributed by atoms with Gasteiger partial charge in [0.2, 0.25) is 0 Å². The molecule has 3 fully saturated rings. The lowest BCUT2D eigenvalue weighted by atomic mass is 9.83. The summed E-state index contributed by atoms with van der Waals surface area (Å²) in [6.45, 7) is 5.75. The van der Waals surface area contributed by atoms with Crippen LogP contribution < -0.4 is 5.32 Å². The van der Waals surface area contributed by atoms with Gasteiger partial charge in [-0.25, -0.2) is 0 Å². The minimum Gasteiger partial charge on any atom is -0.508 e. The Bertz CT molecular complexity index is 575. The van der Waals surface area contributed by atoms with E-state index in [1.165, 1.54) is 18.4 Å². The first-order chi connectivity index (χ1) is 12.7. The molecule has 0 amide bonds. The fourth-order valence-corrected chi connectivity index (χ4v) is 4.77. The molecule has 1 aromatic rings. The van der Waals surface area contributed by atoms with Crippen molar-refractivity contribution in [1.82, 2.24) is 10.2 Å². The van der Waals surface area contributed by atoms with E-state index in [1.807, 2.05) is 12.1 Å². The Morgan fingerprint density at radius 2 is 1.88 bits per heavy atom. The second-order valence-electron chi connectivity index (χ2n) is 8.22. The summed E-state index contributed by atoms with van der Waals surface area (Å²) in [6, 6.07) is 8.84. The largest absolute Gasteiger partial charge is 0.508 e. The number of rotatable bonds is 4. The van der Waals surface area contributed by atoms with Gasteiger partial charge in [0, 0.05) is 38.4 Å². The van der Waals surface area contributed by atoms with Crippen molar-refractivity contribution in [2.75, 3.05) is 32.9 Å². The van der Waals surface area contributed by atoms with Gasteiger partial charge in [0.05, 0.1) is 5.60 Å². The molecule has 26 heavy (non-hydrogen) atoms. The molecule has 3 heterocycles. The number of hydrogen-bond donors (Lipinski definition) is 2. The van der Waals surface area contributed by atoms with E-state index < -0.39 is 0 Å². The Labute approximate surface area is 156 Å². The molecular weight excluding hydrogens is 328 g/mol. The highest BCUT2D eigenvalue weighted by atomic mass is 16.5. The number of phenols is 1. The van der Waals surface area contributed by atoms with Gasteiger partial charge in [-0.1, -0.05) is 12.1 Å². The molecule has 0 bridgehead atoms. The summed E-state index contributed by atoms with van der Waals surface area (Å²) in [6.07, 6.45) is 6.77. The Morgan fingerprint density at radius 3 is 2.65 bits per heavy atom. The number of likely N-dealkylation sites (tertiary alicyclic amines) is 1. The zero-order chi connectivity index (χ0) is 17.8. The van der Waals surface area contributed by atoms with Crippen molar-refractivity contribution in [2.45, 2.75) is 62.8 Å². The van der Waals surface area contributed by atoms with Gasteiger partial charge in [-0.3, -0.25) is 4.90 Å². The Kier molecular flexibility index (Phi) is 5.79. The lowest BCUT2D eigenvalue weighted by molar-refractivity contribution is -0.141. The molecular formula is C21H32N2O3. The molecule has 0 aromatic heterocycles. The summed E-state index contributed by atoms with van der Waals surface area (Å²) >= 11 is 0. The van der Waals surface area contributed by atoms with Crippen LogP contribution in [0.15, 0.2) is 24.3 Å². The van der Waals surface area contributed by atoms with E-state index in [4.69, 9.17) is 9.47 Å². The summed E-state index contributed by atoms with van der Waals surface area (Å²) in [7, 11) is 0. The third-order valence-corrected chi connectivity index (χ3v) is 6.27. The molecule has 0 saturated carbocycles. The number of nitrogens with one attached hydrogen (secondary N) is 1. The fraction of sp³-hybridized carbons (Fsp3) is 0.714. The van der Waals surface area contributed by atoms with Gasteiger partial charge in [0.15, 0.2) is 0 Å². The van der Waals surface area contributed by atoms with Gasteiger partial charge in [-0.15, -0.1) is 0 Å². The van der Waals surface area contributed by atoms with Crippen molar-refractivity contribution in [3.63, 3.8) is 0 Å². The molecule has 1 unspecified atom stereocenters. The van der Waals surface area contributed by atoms with E-state index >= 15 is 0 Å². The number of benzene rings is 1. The predicted octanol–water partition coefficient (Wildman–Crippen LogP) is 2.67. The highest BCUT2D eigenvalue weighted by Crippen LogP contribution is 2.34. The molecule has 0 radical (unpaired) electrons. The highest BCUT2D eigenvalue weighted by Gasteiger charge is 2.39. The lowest BCUT2D eigenvalue weighted by Gasteiger charge is -2.45. The average Bonchev–Trinajstić information content (AvgIpc) is 2.64. The topological polar surface area (TPSA) is 54.0 Å². The molecule has 1 spiro atoms. The van der Waals surface area contributed by atoms with Crippen molar-refractivity contribution >= 4 is 0 Å². The van der Waals surface area contributed by atoms with Crippen LogP contribution in [0, 0.1) is 0 Å². The minimum absolute atomic E-state index is 0.0736. The molecule has 3 aliphatic rings. The van der Waals surface area contributed by atoms with Crippen LogP contribution in [0.25, 0.3) is 0 Å². The van der Waals surface area contributed by atoms with Crippen LogP contribution in [-0.2, 0) is 16.0 Å². The van der Waals surface area contributed by atoms with Crippen LogP contribution in [0.1, 0.15) is 44.1 Å². The quantitative estimate of drug-likeness (QED) is 0.865. The molecule has 1 aromatic carbocycles. The summed E-state index contributed by atoms with van der Waals surface area (Å²) in [4.78, 5) is 2.50. The fourth-order valence-electron chi connectivity index (χ4n) is 4.77. The monoisotopic (exact) mass is 360 g/mol. The molecule has 3 saturated heterocycles. The number of aromatic hydroxyl groups is 1. The Morgan fingerprint density at radius 1 is 1.08 bits per heavy atom. The number of phenolic OH excluding ortho intramolecular Hbond substituents is 1. The molecule has 0 aliphatic carbocycles. The summed E-state index contributed by atoms with van der Waals surface area (Å²) < 4.78 is 11.7. The van der Waals surface area contributed by atoms with E-state index in [0.717, 1.165) is 65.1 Å². The highest BCUT2D eigenvalue weighted by molar-refractivity contribution is 5.27. The van der Waals surface area contributed by atoms with E-state index in [0.29, 0.717) is 17.8 Å². The maximum absolute atomic E-state index is 9.63. The number of nitrogens with zero attached hydrogens (tertiary/aromatic N) is 1. The van der Waals surface area contributed by atoms with Gasteiger partial charge in [-0.05, 0) is 69.3 Å². The maximum atomic E-state index is 9.63. The lowest BCUT2D eigenvalue weighted by Crippen LogP contribution is -2.53. The first-order valence-corrected chi connectivity index (χ1v) is 10.2. The smallest absolute Gasteiger partial charge is 0.115 e. The SMILES string of the molecule is Oc1cccc(CN2CCC(NC3CCOC4(CCOCC4)C3)CC2)c1. The van der Waals surface area contributed by atoms with E-state index in [2.05, 4.69) is 16.3 Å². The van der Waals surface area contributed by atoms with Crippen molar-refractivity contribution < 1.29 is 14.6 Å². The van der Waals surface area contributed by atoms with Crippen LogP contribution in [0.3, 0.4) is 0 Å². The molecule has 2 N–H and O–H groups in total. The zero-order valence-electron chi connectivity index (χ0n) is 15.7. The van der Waals surface area contributed by atoms with E-state index in [1.54, 1.807) is 6.07 Å². The molecule has 144 valence electrons. The zero-order valence-corrected chi connectivity index (χ0v) is 15.7. The molecule has 1 atom stereocenters. The summed E-state index contributed by atoms with van der Waals surface area (Å²) in [5, 5.41) is 13.6. The predicted molar refractivity (Wildman–Crippen MR) is 101 cm³/mol. The third-order valence-electron chi connectivity index (χ3n) is 6.27. The van der Waals surface area contributed by atoms with E-state index in [9.17, 15) is 5.11 Å². The third kappa shape index (κ3) is 4.58. The van der Waals surface area contributed by atoms with Crippen molar-refractivity contribution in [1.29, 1.82) is 0 Å². The van der Waals surface area contributed by atoms with Crippen LogP contribution in [0.4, 0.5) is 0 Å². The first kappa shape index (κ1) is 18.2. The van der Waals surface area contributed by atoms with Gasteiger partial charge in [-0.2, -0.15) is 0 Å². The standard InChI is InChI=1S/C21H32N2O3/c24-20-3-1-2-17(14-20)16-23-9-4-18(5-10-23)22-19-6-11-26-21(15-19)7-12-25-13-8-21/h1-3,14,18-19,22,24H,4-13,15-16H2. The van der Waals surface area contributed by atoms with Crippen LogP contribution in [0.2, 0.25) is 0 Å². The summed E-state index contributed by atoms with van der Waals surface area (Å²) in [5.74, 6) is 0.362. The minimum atomic E-state index is 0.0736. The Hall–Kier alpha value is -1.14. The molecule has 4 rings (SSSR count). The second-order valence-corrected chi connectivity index (χ2v) is 8.22. The summed E-state index contributed by atoms with van der Waals surface area (Å²) in [5.41, 5.74) is 1.27. The van der Waals surface area contributed by atoms with E-state index in [-0.39, 0.29) is 5.60 Å². The molecule has 3 aliphatic heterocycles. The van der Waals surface area contributed by atoms with Gasteiger partial charge >= 0.3 is 0 Å². The van der Waals surface area contributed by atoms with Crippen LogP contribution >= 0.6 is 0 Å². The van der Waals surface area contributed by atoms with Crippen LogP contribution in [-0.4, -0.2) is 60.6 Å². The van der Waals surface area contributed by atoms with Crippen molar-refractivity contribution in [3.8, 4) is 5.75 Å². The van der Waals surface area contributed by atoms with Crippen LogP contribution in [0.5, 0.6) is 5.75 Å². The maximum Gasteiger partial charge on any atom is 0.115 e. The number of piperidine rings is 1. The van der Waals surface area contributed by atoms with Crippen molar-refractivity contribution in [2.24, 2.45) is 0 Å². The number of ether oxygens (including phenoxy) is 2. The van der Waals surface area contributed by atoms with Gasteiger partial charge in [0.1, 0.15) is 5.75 Å². The normalized spacial score (nSPS) is 27.6. The number of hydrogen-bond acceptors (Lipinski definition) is 5. The van der Waals surface area contributed by atoms with Crippen molar-refractivity contribution in [3.05, 3.63) is 29.8 Å².